The average Bonchev–Trinajstić information content (AvgIpc) is 3.26. The second kappa shape index (κ2) is 5.75. The summed E-state index contributed by atoms with van der Waals surface area (Å²) in [4.78, 5) is 21.0. The molecule has 1 aliphatic heterocycles. The molecule has 0 bridgehead atoms. The average molecular weight is 342 g/mol. The van der Waals surface area contributed by atoms with Crippen LogP contribution in [0.25, 0.3) is 10.6 Å². The Morgan fingerprint density at radius 2 is 2.17 bits per heavy atom. The second-order valence-electron chi connectivity index (χ2n) is 5.33. The Hall–Kier alpha value is -2.25. The van der Waals surface area contributed by atoms with Crippen LogP contribution < -0.4 is 10.6 Å². The lowest BCUT2D eigenvalue weighted by Crippen LogP contribution is -2.12. The number of aryl methyl sites for hydroxylation is 1. The van der Waals surface area contributed by atoms with Crippen molar-refractivity contribution in [2.45, 2.75) is 13.3 Å². The topological polar surface area (TPSA) is 66.9 Å². The number of hydrogen-bond donors (Lipinski definition) is 2. The van der Waals surface area contributed by atoms with Crippen LogP contribution in [-0.2, 0) is 6.42 Å². The molecule has 1 aliphatic rings. The number of anilines is 2. The van der Waals surface area contributed by atoms with E-state index in [1.807, 2.05) is 18.4 Å². The van der Waals surface area contributed by atoms with Crippen molar-refractivity contribution < 1.29 is 4.79 Å². The molecule has 1 amide bonds. The SMILES string of the molecule is Cc1csc(NC(=O)c2csc(-c3ccc4c(c3)CCN4)n2)n1. The molecule has 0 radical (unpaired) electrons. The molecular weight excluding hydrogens is 328 g/mol. The summed E-state index contributed by atoms with van der Waals surface area (Å²) in [6.07, 6.45) is 1.03. The first-order valence-corrected chi connectivity index (χ1v) is 9.01. The van der Waals surface area contributed by atoms with Crippen LogP contribution in [0.4, 0.5) is 10.8 Å². The van der Waals surface area contributed by atoms with E-state index in [-0.39, 0.29) is 5.91 Å². The number of nitrogens with zero attached hydrogens (tertiary/aromatic N) is 2. The monoisotopic (exact) mass is 342 g/mol. The van der Waals surface area contributed by atoms with Gasteiger partial charge in [0.25, 0.3) is 5.91 Å². The van der Waals surface area contributed by atoms with Gasteiger partial charge in [-0.1, -0.05) is 0 Å². The van der Waals surface area contributed by atoms with Gasteiger partial charge in [0.1, 0.15) is 10.7 Å². The quantitative estimate of drug-likeness (QED) is 0.760. The molecule has 4 rings (SSSR count). The Bertz CT molecular complexity index is 884. The predicted molar refractivity (Wildman–Crippen MR) is 94.5 cm³/mol. The van der Waals surface area contributed by atoms with Gasteiger partial charge in [-0.15, -0.1) is 22.7 Å². The van der Waals surface area contributed by atoms with E-state index in [1.165, 1.54) is 33.9 Å². The molecule has 0 saturated heterocycles. The molecule has 23 heavy (non-hydrogen) atoms. The smallest absolute Gasteiger partial charge is 0.276 e. The Labute approximate surface area is 141 Å². The number of rotatable bonds is 3. The summed E-state index contributed by atoms with van der Waals surface area (Å²) in [5, 5.41) is 11.3. The third-order valence-corrected chi connectivity index (χ3v) is 5.41. The third-order valence-electron chi connectivity index (χ3n) is 3.64. The van der Waals surface area contributed by atoms with Gasteiger partial charge in [-0.3, -0.25) is 10.1 Å². The van der Waals surface area contributed by atoms with Gasteiger partial charge in [0.15, 0.2) is 5.13 Å². The summed E-state index contributed by atoms with van der Waals surface area (Å²) in [6, 6.07) is 6.28. The summed E-state index contributed by atoms with van der Waals surface area (Å²) in [5.74, 6) is -0.218. The lowest BCUT2D eigenvalue weighted by atomic mass is 10.1. The maximum Gasteiger partial charge on any atom is 0.276 e. The van der Waals surface area contributed by atoms with E-state index in [0.717, 1.165) is 29.2 Å². The first-order valence-electron chi connectivity index (χ1n) is 7.25. The zero-order chi connectivity index (χ0) is 15.8. The highest BCUT2D eigenvalue weighted by Gasteiger charge is 2.15. The molecule has 2 aromatic heterocycles. The minimum atomic E-state index is -0.218. The molecule has 0 atom stereocenters. The van der Waals surface area contributed by atoms with Gasteiger partial charge in [-0.25, -0.2) is 9.97 Å². The molecule has 7 heteroatoms. The number of aromatic nitrogens is 2. The predicted octanol–water partition coefficient (Wildman–Crippen LogP) is 3.80. The maximum atomic E-state index is 12.2. The van der Waals surface area contributed by atoms with Crippen molar-refractivity contribution in [3.8, 4) is 10.6 Å². The summed E-state index contributed by atoms with van der Waals surface area (Å²) in [7, 11) is 0. The maximum absolute atomic E-state index is 12.2. The van der Waals surface area contributed by atoms with E-state index in [2.05, 4.69) is 32.7 Å². The van der Waals surface area contributed by atoms with Crippen LogP contribution in [0.5, 0.6) is 0 Å². The van der Waals surface area contributed by atoms with Gasteiger partial charge in [-0.05, 0) is 37.1 Å². The Morgan fingerprint density at radius 1 is 1.26 bits per heavy atom. The minimum Gasteiger partial charge on any atom is -0.384 e. The second-order valence-corrected chi connectivity index (χ2v) is 7.05. The molecule has 0 fully saturated rings. The number of benzene rings is 1. The van der Waals surface area contributed by atoms with Crippen molar-refractivity contribution in [3.05, 3.63) is 45.9 Å². The number of nitrogens with one attached hydrogen (secondary N) is 2. The van der Waals surface area contributed by atoms with E-state index in [0.29, 0.717) is 10.8 Å². The molecule has 116 valence electrons. The molecule has 1 aromatic carbocycles. The van der Waals surface area contributed by atoms with Crippen LogP contribution in [0.1, 0.15) is 21.7 Å². The highest BCUT2D eigenvalue weighted by Crippen LogP contribution is 2.30. The molecule has 2 N–H and O–H groups in total. The number of carbonyl (C=O) groups excluding carboxylic acids is 1. The molecule has 3 heterocycles. The Balaban J connectivity index is 1.55. The van der Waals surface area contributed by atoms with Crippen molar-refractivity contribution in [1.29, 1.82) is 0 Å². The van der Waals surface area contributed by atoms with Crippen molar-refractivity contribution >= 4 is 39.4 Å². The fraction of sp³-hybridized carbons (Fsp3) is 0.188. The zero-order valence-electron chi connectivity index (χ0n) is 12.4. The molecule has 3 aromatic rings. The van der Waals surface area contributed by atoms with E-state index in [1.54, 1.807) is 5.38 Å². The summed E-state index contributed by atoms with van der Waals surface area (Å²) in [6.45, 7) is 2.88. The van der Waals surface area contributed by atoms with Gasteiger partial charge >= 0.3 is 0 Å². The Morgan fingerprint density at radius 3 is 3.00 bits per heavy atom. The van der Waals surface area contributed by atoms with Gasteiger partial charge in [0, 0.05) is 28.6 Å². The van der Waals surface area contributed by atoms with Crippen LogP contribution in [0.2, 0.25) is 0 Å². The molecule has 0 unspecified atom stereocenters. The fourth-order valence-corrected chi connectivity index (χ4v) is 4.00. The third kappa shape index (κ3) is 2.85. The number of fused-ring (bicyclic) bond motifs is 1. The fourth-order valence-electron chi connectivity index (χ4n) is 2.52. The van der Waals surface area contributed by atoms with Crippen LogP contribution in [0.15, 0.2) is 29.0 Å². The number of amides is 1. The van der Waals surface area contributed by atoms with E-state index < -0.39 is 0 Å². The normalized spacial score (nSPS) is 12.7. The highest BCUT2D eigenvalue weighted by molar-refractivity contribution is 7.14. The molecule has 0 saturated carbocycles. The van der Waals surface area contributed by atoms with Gasteiger partial charge in [0.2, 0.25) is 0 Å². The number of carbonyl (C=O) groups is 1. The number of thiazole rings is 2. The summed E-state index contributed by atoms with van der Waals surface area (Å²) >= 11 is 2.90. The van der Waals surface area contributed by atoms with Crippen molar-refractivity contribution in [2.24, 2.45) is 0 Å². The van der Waals surface area contributed by atoms with E-state index in [9.17, 15) is 4.79 Å². The molecular formula is C16H14N4OS2. The molecule has 0 aliphatic carbocycles. The van der Waals surface area contributed by atoms with Crippen molar-refractivity contribution in [1.82, 2.24) is 9.97 Å². The number of hydrogen-bond acceptors (Lipinski definition) is 6. The van der Waals surface area contributed by atoms with Crippen molar-refractivity contribution in [3.63, 3.8) is 0 Å². The van der Waals surface area contributed by atoms with Gasteiger partial charge in [0.05, 0.1) is 5.69 Å². The first kappa shape index (κ1) is 14.3. The van der Waals surface area contributed by atoms with Crippen molar-refractivity contribution in [2.75, 3.05) is 17.2 Å². The van der Waals surface area contributed by atoms with Crippen LogP contribution in [-0.4, -0.2) is 22.4 Å². The van der Waals surface area contributed by atoms with E-state index >= 15 is 0 Å². The molecule has 5 nitrogen and oxygen atoms in total. The standard InChI is InChI=1S/C16H14N4OS2/c1-9-7-23-16(18-9)20-14(21)13-8-22-15(19-13)11-2-3-12-10(6-11)4-5-17-12/h2-3,6-8,17H,4-5H2,1H3,(H,18,20,21). The summed E-state index contributed by atoms with van der Waals surface area (Å²) < 4.78 is 0. The van der Waals surface area contributed by atoms with Gasteiger partial charge < -0.3 is 5.32 Å². The summed E-state index contributed by atoms with van der Waals surface area (Å²) in [5.41, 5.74) is 4.89. The lowest BCUT2D eigenvalue weighted by molar-refractivity contribution is 0.102. The highest BCUT2D eigenvalue weighted by atomic mass is 32.1. The Kier molecular flexibility index (Phi) is 3.59. The molecule has 0 spiro atoms. The largest absolute Gasteiger partial charge is 0.384 e. The minimum absolute atomic E-state index is 0.218. The van der Waals surface area contributed by atoms with Gasteiger partial charge in [-0.2, -0.15) is 0 Å². The van der Waals surface area contributed by atoms with Crippen LogP contribution in [0.3, 0.4) is 0 Å². The van der Waals surface area contributed by atoms with E-state index in [4.69, 9.17) is 0 Å². The zero-order valence-corrected chi connectivity index (χ0v) is 14.1. The lowest BCUT2D eigenvalue weighted by Gasteiger charge is -2.02. The van der Waals surface area contributed by atoms with Crippen LogP contribution >= 0.6 is 22.7 Å². The van der Waals surface area contributed by atoms with Crippen LogP contribution in [0, 0.1) is 6.92 Å². The first-order chi connectivity index (χ1) is 11.2.